The third-order valence-electron chi connectivity index (χ3n) is 4.80. The number of rotatable bonds is 3. The van der Waals surface area contributed by atoms with Crippen molar-refractivity contribution in [2.75, 3.05) is 6.54 Å². The van der Waals surface area contributed by atoms with Gasteiger partial charge in [-0.2, -0.15) is 18.2 Å². The number of carbonyl (C=O) groups excluding carboxylic acids is 1. The molecule has 3 rings (SSSR count). The molecular formula is C20H24F3N3OS. The van der Waals surface area contributed by atoms with Crippen LogP contribution in [0.25, 0.3) is 5.69 Å². The first-order valence-corrected chi connectivity index (χ1v) is 10.2. The number of thiazole rings is 1. The summed E-state index contributed by atoms with van der Waals surface area (Å²) in [5.74, 6) is 0.500. The van der Waals surface area contributed by atoms with Gasteiger partial charge in [-0.1, -0.05) is 13.8 Å². The van der Waals surface area contributed by atoms with Crippen molar-refractivity contribution in [3.8, 4) is 5.69 Å². The van der Waals surface area contributed by atoms with Crippen molar-refractivity contribution >= 4 is 17.4 Å². The molecule has 2 amide bonds. The smallest absolute Gasteiger partial charge is 0.320 e. The van der Waals surface area contributed by atoms with E-state index in [1.807, 2.05) is 11.8 Å². The molecule has 4 nitrogen and oxygen atoms in total. The average Bonchev–Trinajstić information content (AvgIpc) is 3.20. The fraction of sp³-hybridized carbons (Fsp3) is 0.500. The van der Waals surface area contributed by atoms with Crippen molar-refractivity contribution in [1.82, 2.24) is 9.47 Å². The lowest BCUT2D eigenvalue weighted by Crippen LogP contribution is -2.35. The zero-order valence-corrected chi connectivity index (χ0v) is 17.0. The monoisotopic (exact) mass is 411 g/mol. The van der Waals surface area contributed by atoms with Crippen LogP contribution in [0, 0.1) is 12.8 Å². The van der Waals surface area contributed by atoms with E-state index in [4.69, 9.17) is 0 Å². The third-order valence-corrected chi connectivity index (χ3v) is 5.70. The van der Waals surface area contributed by atoms with E-state index in [1.165, 1.54) is 23.5 Å². The Morgan fingerprint density at radius 3 is 2.57 bits per heavy atom. The van der Waals surface area contributed by atoms with E-state index in [2.05, 4.69) is 18.8 Å². The number of amides is 2. The molecule has 1 saturated heterocycles. The first kappa shape index (κ1) is 20.6. The van der Waals surface area contributed by atoms with Crippen molar-refractivity contribution in [2.45, 2.75) is 52.3 Å². The molecule has 0 spiro atoms. The number of alkyl halides is 3. The molecule has 0 aliphatic carbocycles. The number of nitrogens with zero attached hydrogens (tertiary/aromatic N) is 3. The van der Waals surface area contributed by atoms with Gasteiger partial charge < -0.3 is 4.90 Å². The number of hydrogen-bond acceptors (Lipinski definition) is 2. The molecular weight excluding hydrogens is 387 g/mol. The summed E-state index contributed by atoms with van der Waals surface area (Å²) in [5.41, 5.74) is -0.156. The van der Waals surface area contributed by atoms with Crippen LogP contribution in [-0.2, 0) is 6.18 Å². The van der Waals surface area contributed by atoms with Gasteiger partial charge in [-0.25, -0.2) is 4.79 Å². The molecule has 1 aliphatic heterocycles. The van der Waals surface area contributed by atoms with Crippen LogP contribution in [0.1, 0.15) is 43.6 Å². The van der Waals surface area contributed by atoms with Crippen molar-refractivity contribution in [3.05, 3.63) is 45.7 Å². The molecule has 1 fully saturated rings. The van der Waals surface area contributed by atoms with E-state index >= 15 is 0 Å². The van der Waals surface area contributed by atoms with Crippen LogP contribution in [0.5, 0.6) is 0 Å². The molecule has 0 bridgehead atoms. The van der Waals surface area contributed by atoms with Crippen molar-refractivity contribution in [1.29, 1.82) is 0 Å². The Kier molecular flexibility index (Phi) is 5.98. The largest absolute Gasteiger partial charge is 0.416 e. The van der Waals surface area contributed by atoms with Crippen LogP contribution in [-0.4, -0.2) is 28.1 Å². The SMILES string of the molecule is Cc1cn(-c2ccc(C(F)(F)F)cc2)c(=NC(=O)N2CCCC2CC(C)C)s1. The maximum atomic E-state index is 12.8. The Balaban J connectivity index is 1.90. The minimum absolute atomic E-state index is 0.205. The summed E-state index contributed by atoms with van der Waals surface area (Å²) in [6, 6.07) is 4.81. The van der Waals surface area contributed by atoms with Crippen molar-refractivity contribution in [3.63, 3.8) is 0 Å². The van der Waals surface area contributed by atoms with Gasteiger partial charge in [0.25, 0.3) is 0 Å². The summed E-state index contributed by atoms with van der Waals surface area (Å²) in [6.45, 7) is 6.86. The van der Waals surface area contributed by atoms with E-state index in [0.717, 1.165) is 36.3 Å². The third kappa shape index (κ3) is 4.66. The van der Waals surface area contributed by atoms with Crippen LogP contribution < -0.4 is 4.80 Å². The van der Waals surface area contributed by atoms with Gasteiger partial charge in [0.1, 0.15) is 0 Å². The van der Waals surface area contributed by atoms with Gasteiger partial charge in [0.05, 0.1) is 5.56 Å². The number of benzene rings is 1. The van der Waals surface area contributed by atoms with E-state index in [1.54, 1.807) is 10.8 Å². The maximum Gasteiger partial charge on any atom is 0.416 e. The number of hydrogen-bond donors (Lipinski definition) is 0. The second-order valence-electron chi connectivity index (χ2n) is 7.55. The quantitative estimate of drug-likeness (QED) is 0.667. The number of carbonyl (C=O) groups is 1. The maximum absolute atomic E-state index is 12.8. The molecule has 0 saturated carbocycles. The number of aryl methyl sites for hydroxylation is 1. The topological polar surface area (TPSA) is 37.6 Å². The molecule has 8 heteroatoms. The Morgan fingerprint density at radius 1 is 1.29 bits per heavy atom. The molecule has 1 aromatic heterocycles. The fourth-order valence-corrected chi connectivity index (χ4v) is 4.38. The highest BCUT2D eigenvalue weighted by molar-refractivity contribution is 7.09. The molecule has 2 heterocycles. The molecule has 28 heavy (non-hydrogen) atoms. The lowest BCUT2D eigenvalue weighted by atomic mass is 10.0. The summed E-state index contributed by atoms with van der Waals surface area (Å²) in [4.78, 5) is 20.3. The lowest BCUT2D eigenvalue weighted by molar-refractivity contribution is -0.137. The van der Waals surface area contributed by atoms with Crippen LogP contribution >= 0.6 is 11.3 Å². The van der Waals surface area contributed by atoms with Crippen LogP contribution in [0.15, 0.2) is 35.5 Å². The summed E-state index contributed by atoms with van der Waals surface area (Å²) < 4.78 is 40.1. The zero-order chi connectivity index (χ0) is 20.5. The predicted octanol–water partition coefficient (Wildman–Crippen LogP) is 5.40. The van der Waals surface area contributed by atoms with Gasteiger partial charge in [0.15, 0.2) is 4.80 Å². The Labute approximate surface area is 166 Å². The van der Waals surface area contributed by atoms with E-state index in [-0.39, 0.29) is 12.1 Å². The highest BCUT2D eigenvalue weighted by Crippen LogP contribution is 2.29. The van der Waals surface area contributed by atoms with Gasteiger partial charge in [0, 0.05) is 29.3 Å². The van der Waals surface area contributed by atoms with Gasteiger partial charge >= 0.3 is 12.2 Å². The van der Waals surface area contributed by atoms with Crippen molar-refractivity contribution < 1.29 is 18.0 Å². The number of aromatic nitrogens is 1. The van der Waals surface area contributed by atoms with E-state index in [9.17, 15) is 18.0 Å². The average molecular weight is 411 g/mol. The summed E-state index contributed by atoms with van der Waals surface area (Å²) in [5, 5.41) is 0. The molecule has 0 radical (unpaired) electrons. The highest BCUT2D eigenvalue weighted by Gasteiger charge is 2.30. The van der Waals surface area contributed by atoms with Crippen LogP contribution in [0.4, 0.5) is 18.0 Å². The Morgan fingerprint density at radius 2 is 1.96 bits per heavy atom. The highest BCUT2D eigenvalue weighted by atomic mass is 32.1. The normalized spacial score (nSPS) is 18.3. The minimum Gasteiger partial charge on any atom is -0.320 e. The molecule has 1 atom stereocenters. The van der Waals surface area contributed by atoms with E-state index < -0.39 is 11.7 Å². The molecule has 152 valence electrons. The molecule has 1 aromatic carbocycles. The fourth-order valence-electron chi connectivity index (χ4n) is 3.55. The van der Waals surface area contributed by atoms with Crippen LogP contribution in [0.2, 0.25) is 0 Å². The Bertz CT molecular complexity index is 897. The van der Waals surface area contributed by atoms with Gasteiger partial charge in [-0.05, 0) is 56.4 Å². The van der Waals surface area contributed by atoms with Gasteiger partial charge in [-0.15, -0.1) is 11.3 Å². The number of urea groups is 1. The summed E-state index contributed by atoms with van der Waals surface area (Å²) >= 11 is 1.35. The van der Waals surface area contributed by atoms with Crippen LogP contribution in [0.3, 0.4) is 0 Å². The molecule has 1 unspecified atom stereocenters. The lowest BCUT2D eigenvalue weighted by Gasteiger charge is -2.23. The van der Waals surface area contributed by atoms with Gasteiger partial charge in [-0.3, -0.25) is 4.57 Å². The first-order chi connectivity index (χ1) is 13.1. The zero-order valence-electron chi connectivity index (χ0n) is 16.2. The molecule has 2 aromatic rings. The number of likely N-dealkylation sites (tertiary alicyclic amines) is 1. The summed E-state index contributed by atoms with van der Waals surface area (Å²) in [7, 11) is 0. The molecule has 1 aliphatic rings. The second kappa shape index (κ2) is 8.11. The standard InChI is InChI=1S/C20H24F3N3OS/c1-13(2)11-17-5-4-10-25(17)18(27)24-19-26(12-14(3)28-19)16-8-6-15(7-9-16)20(21,22)23/h6-9,12-13,17H,4-5,10-11H2,1-3H3. The Hall–Kier alpha value is -2.09. The predicted molar refractivity (Wildman–Crippen MR) is 104 cm³/mol. The van der Waals surface area contributed by atoms with E-state index in [0.29, 0.717) is 23.0 Å². The van der Waals surface area contributed by atoms with Crippen molar-refractivity contribution in [2.24, 2.45) is 10.9 Å². The second-order valence-corrected chi connectivity index (χ2v) is 8.77. The van der Waals surface area contributed by atoms with Gasteiger partial charge in [0.2, 0.25) is 0 Å². The molecule has 0 N–H and O–H groups in total. The minimum atomic E-state index is -4.38. The number of halogens is 3. The first-order valence-electron chi connectivity index (χ1n) is 9.37. The summed E-state index contributed by atoms with van der Waals surface area (Å²) in [6.07, 6.45) is 0.319.